The van der Waals surface area contributed by atoms with Crippen LogP contribution in [-0.2, 0) is 11.2 Å². The van der Waals surface area contributed by atoms with Crippen molar-refractivity contribution in [2.45, 2.75) is 37.8 Å². The summed E-state index contributed by atoms with van der Waals surface area (Å²) in [6.45, 7) is 2.24. The molecular weight excluding hydrogens is 378 g/mol. The van der Waals surface area contributed by atoms with E-state index in [2.05, 4.69) is 29.2 Å². The molecule has 0 bridgehead atoms. The van der Waals surface area contributed by atoms with Crippen LogP contribution in [0.1, 0.15) is 24.8 Å². The number of rotatable bonds is 7. The van der Waals surface area contributed by atoms with E-state index in [4.69, 9.17) is 15.2 Å². The van der Waals surface area contributed by atoms with Gasteiger partial charge in [0, 0.05) is 31.4 Å². The third-order valence-corrected chi connectivity index (χ3v) is 6.15. The van der Waals surface area contributed by atoms with Crippen molar-refractivity contribution in [2.75, 3.05) is 38.2 Å². The number of carbonyl (C=O) groups is 1. The molecule has 0 unspecified atom stereocenters. The second-order valence-electron chi connectivity index (χ2n) is 8.09. The number of hydrogen-bond acceptors (Lipinski definition) is 5. The normalized spacial score (nSPS) is 19.3. The van der Waals surface area contributed by atoms with Crippen LogP contribution in [0.25, 0.3) is 0 Å². The monoisotopic (exact) mass is 409 g/mol. The molecule has 2 N–H and O–H groups in total. The Hall–Kier alpha value is -2.73. The maximum atomic E-state index is 12.5. The number of piperazine rings is 1. The number of methoxy groups -OCH3 is 1. The number of nitrogens with zero attached hydrogens (tertiary/aromatic N) is 2. The molecule has 1 atom stereocenters. The zero-order chi connectivity index (χ0) is 20.9. The van der Waals surface area contributed by atoms with E-state index in [1.807, 2.05) is 29.2 Å². The summed E-state index contributed by atoms with van der Waals surface area (Å²) in [5.41, 5.74) is 8.01. The molecule has 1 aliphatic carbocycles. The number of ether oxygens (including phenoxy) is 2. The first-order valence-corrected chi connectivity index (χ1v) is 10.8. The highest BCUT2D eigenvalue weighted by Gasteiger charge is 2.30. The van der Waals surface area contributed by atoms with Crippen molar-refractivity contribution in [3.8, 4) is 11.5 Å². The first-order chi connectivity index (χ1) is 14.7. The van der Waals surface area contributed by atoms with Gasteiger partial charge in [-0.3, -0.25) is 4.79 Å². The lowest BCUT2D eigenvalue weighted by atomic mass is 9.96. The first kappa shape index (κ1) is 20.5. The van der Waals surface area contributed by atoms with Crippen LogP contribution in [0.4, 0.5) is 5.69 Å². The minimum absolute atomic E-state index is 0.0133. The van der Waals surface area contributed by atoms with Crippen molar-refractivity contribution in [1.29, 1.82) is 0 Å². The van der Waals surface area contributed by atoms with Gasteiger partial charge in [-0.25, -0.2) is 0 Å². The molecule has 1 aliphatic heterocycles. The molecule has 1 amide bonds. The standard InChI is InChI=1S/C24H31N3O3/c1-29-22-11-10-19(15-23(22)30-21-8-5-9-21)26-12-13-27(24(28)16-25)20(17-26)14-18-6-3-2-4-7-18/h2-4,6-7,10-11,15,20-21H,5,8-9,12-14,16-17,25H2,1H3/t20-/m0/s1. The highest BCUT2D eigenvalue weighted by Crippen LogP contribution is 2.36. The SMILES string of the molecule is COc1ccc(N2CCN(C(=O)CN)[C@@H](Cc3ccccc3)C2)cc1OC1CCC1. The molecule has 2 aromatic carbocycles. The summed E-state index contributed by atoms with van der Waals surface area (Å²) in [6.07, 6.45) is 4.54. The lowest BCUT2D eigenvalue weighted by Gasteiger charge is -2.42. The van der Waals surface area contributed by atoms with Crippen molar-refractivity contribution in [2.24, 2.45) is 5.73 Å². The van der Waals surface area contributed by atoms with Crippen LogP contribution in [0.3, 0.4) is 0 Å². The highest BCUT2D eigenvalue weighted by atomic mass is 16.5. The van der Waals surface area contributed by atoms with Crippen molar-refractivity contribution < 1.29 is 14.3 Å². The number of hydrogen-bond donors (Lipinski definition) is 1. The van der Waals surface area contributed by atoms with Crippen LogP contribution in [0, 0.1) is 0 Å². The molecule has 2 aliphatic rings. The predicted molar refractivity (Wildman–Crippen MR) is 118 cm³/mol. The van der Waals surface area contributed by atoms with E-state index in [-0.39, 0.29) is 18.5 Å². The summed E-state index contributed by atoms with van der Waals surface area (Å²) < 4.78 is 11.7. The molecule has 2 fully saturated rings. The molecule has 30 heavy (non-hydrogen) atoms. The van der Waals surface area contributed by atoms with Gasteiger partial charge in [0.25, 0.3) is 0 Å². The Kier molecular flexibility index (Phi) is 6.43. The molecule has 4 rings (SSSR count). The minimum Gasteiger partial charge on any atom is -0.493 e. The zero-order valence-corrected chi connectivity index (χ0v) is 17.6. The quantitative estimate of drug-likeness (QED) is 0.762. The van der Waals surface area contributed by atoms with Gasteiger partial charge in [-0.2, -0.15) is 0 Å². The summed E-state index contributed by atoms with van der Waals surface area (Å²) in [5.74, 6) is 1.59. The highest BCUT2D eigenvalue weighted by molar-refractivity contribution is 5.79. The van der Waals surface area contributed by atoms with Gasteiger partial charge in [0.1, 0.15) is 0 Å². The fourth-order valence-corrected chi connectivity index (χ4v) is 4.22. The maximum absolute atomic E-state index is 12.5. The third-order valence-electron chi connectivity index (χ3n) is 6.15. The summed E-state index contributed by atoms with van der Waals surface area (Å²) in [6, 6.07) is 16.5. The number of anilines is 1. The lowest BCUT2D eigenvalue weighted by molar-refractivity contribution is -0.132. The van der Waals surface area contributed by atoms with Gasteiger partial charge in [0.2, 0.25) is 5.91 Å². The Morgan fingerprint density at radius 1 is 1.10 bits per heavy atom. The summed E-state index contributed by atoms with van der Waals surface area (Å²) >= 11 is 0. The van der Waals surface area contributed by atoms with Gasteiger partial charge in [0.15, 0.2) is 11.5 Å². The molecule has 6 nitrogen and oxygen atoms in total. The Labute approximate surface area is 178 Å². The summed E-state index contributed by atoms with van der Waals surface area (Å²) in [4.78, 5) is 16.7. The van der Waals surface area contributed by atoms with Gasteiger partial charge in [-0.15, -0.1) is 0 Å². The largest absolute Gasteiger partial charge is 0.493 e. The lowest BCUT2D eigenvalue weighted by Crippen LogP contribution is -2.57. The molecule has 0 spiro atoms. The predicted octanol–water partition coefficient (Wildman–Crippen LogP) is 2.85. The van der Waals surface area contributed by atoms with Crippen molar-refractivity contribution >= 4 is 11.6 Å². The number of amides is 1. The van der Waals surface area contributed by atoms with Crippen LogP contribution in [-0.4, -0.2) is 56.2 Å². The van der Waals surface area contributed by atoms with Gasteiger partial charge < -0.3 is 25.0 Å². The average molecular weight is 410 g/mol. The Morgan fingerprint density at radius 2 is 1.90 bits per heavy atom. The van der Waals surface area contributed by atoms with Crippen LogP contribution >= 0.6 is 0 Å². The molecule has 1 heterocycles. The average Bonchev–Trinajstić information content (AvgIpc) is 2.76. The van der Waals surface area contributed by atoms with Crippen molar-refractivity contribution in [1.82, 2.24) is 4.90 Å². The fourth-order valence-electron chi connectivity index (χ4n) is 4.22. The third kappa shape index (κ3) is 4.54. The fraction of sp³-hybridized carbons (Fsp3) is 0.458. The van der Waals surface area contributed by atoms with E-state index in [9.17, 15) is 4.79 Å². The Morgan fingerprint density at radius 3 is 2.57 bits per heavy atom. The Bertz CT molecular complexity index is 854. The van der Waals surface area contributed by atoms with E-state index < -0.39 is 0 Å². The number of nitrogens with two attached hydrogens (primary N) is 1. The van der Waals surface area contributed by atoms with Crippen molar-refractivity contribution in [3.63, 3.8) is 0 Å². The van der Waals surface area contributed by atoms with Crippen LogP contribution in [0.15, 0.2) is 48.5 Å². The van der Waals surface area contributed by atoms with E-state index in [0.29, 0.717) is 12.6 Å². The topological polar surface area (TPSA) is 68.0 Å². The second kappa shape index (κ2) is 9.39. The molecule has 2 aromatic rings. The van der Waals surface area contributed by atoms with Gasteiger partial charge in [-0.1, -0.05) is 30.3 Å². The van der Waals surface area contributed by atoms with E-state index in [1.54, 1.807) is 7.11 Å². The van der Waals surface area contributed by atoms with E-state index in [0.717, 1.165) is 49.5 Å². The molecule has 160 valence electrons. The number of benzene rings is 2. The van der Waals surface area contributed by atoms with E-state index in [1.165, 1.54) is 12.0 Å². The smallest absolute Gasteiger partial charge is 0.236 e. The van der Waals surface area contributed by atoms with Gasteiger partial charge >= 0.3 is 0 Å². The molecular formula is C24H31N3O3. The molecule has 0 aromatic heterocycles. The Balaban J connectivity index is 1.54. The second-order valence-corrected chi connectivity index (χ2v) is 8.09. The summed E-state index contributed by atoms with van der Waals surface area (Å²) in [5, 5.41) is 0. The summed E-state index contributed by atoms with van der Waals surface area (Å²) in [7, 11) is 1.68. The molecule has 1 saturated heterocycles. The maximum Gasteiger partial charge on any atom is 0.236 e. The van der Waals surface area contributed by atoms with Crippen LogP contribution < -0.4 is 20.1 Å². The van der Waals surface area contributed by atoms with Crippen LogP contribution in [0.2, 0.25) is 0 Å². The van der Waals surface area contributed by atoms with Crippen LogP contribution in [0.5, 0.6) is 11.5 Å². The number of carbonyl (C=O) groups excluding carboxylic acids is 1. The first-order valence-electron chi connectivity index (χ1n) is 10.8. The van der Waals surface area contributed by atoms with Crippen molar-refractivity contribution in [3.05, 3.63) is 54.1 Å². The molecule has 6 heteroatoms. The minimum atomic E-state index is 0.0133. The molecule has 0 radical (unpaired) electrons. The molecule has 1 saturated carbocycles. The van der Waals surface area contributed by atoms with Gasteiger partial charge in [-0.05, 0) is 43.4 Å². The zero-order valence-electron chi connectivity index (χ0n) is 17.6. The van der Waals surface area contributed by atoms with E-state index >= 15 is 0 Å². The van der Waals surface area contributed by atoms with Gasteiger partial charge in [0.05, 0.1) is 25.8 Å².